The van der Waals surface area contributed by atoms with Crippen molar-refractivity contribution in [1.29, 1.82) is 0 Å². The van der Waals surface area contributed by atoms with Crippen LogP contribution < -0.4 is 14.8 Å². The van der Waals surface area contributed by atoms with Gasteiger partial charge in [0.2, 0.25) is 0 Å². The number of para-hydroxylation sites is 1. The number of methoxy groups -OCH3 is 1. The number of amides is 1. The number of aryl methyl sites for hydroxylation is 2. The number of benzene rings is 2. The number of carbonyl (C=O) groups excluding carboxylic acids is 1. The molecule has 0 saturated carbocycles. The second kappa shape index (κ2) is 8.06. The molecule has 2 aromatic carbocycles. The maximum atomic E-state index is 12.2. The first kappa shape index (κ1) is 17.3. The van der Waals surface area contributed by atoms with Crippen molar-refractivity contribution in [3.05, 3.63) is 59.2 Å². The number of hydrogen-bond acceptors (Lipinski definition) is 3. The molecular formula is C21H25NO3. The van der Waals surface area contributed by atoms with Crippen LogP contribution in [0.5, 0.6) is 11.5 Å². The molecule has 0 unspecified atom stereocenters. The molecule has 25 heavy (non-hydrogen) atoms. The first-order valence-corrected chi connectivity index (χ1v) is 8.84. The normalized spacial score (nSPS) is 14.3. The van der Waals surface area contributed by atoms with Gasteiger partial charge < -0.3 is 14.8 Å². The van der Waals surface area contributed by atoms with Crippen LogP contribution in [0.4, 0.5) is 0 Å². The fourth-order valence-electron chi connectivity index (χ4n) is 3.33. The molecular weight excluding hydrogens is 314 g/mol. The molecule has 0 saturated heterocycles. The predicted molar refractivity (Wildman–Crippen MR) is 98.1 cm³/mol. The van der Waals surface area contributed by atoms with Crippen LogP contribution >= 0.6 is 0 Å². The van der Waals surface area contributed by atoms with E-state index in [2.05, 4.69) is 17.4 Å². The molecule has 0 spiro atoms. The Balaban J connectivity index is 1.56. The molecule has 3 rings (SSSR count). The summed E-state index contributed by atoms with van der Waals surface area (Å²) in [4.78, 5) is 12.2. The summed E-state index contributed by atoms with van der Waals surface area (Å²) in [7, 11) is 1.63. The summed E-state index contributed by atoms with van der Waals surface area (Å²) in [5.41, 5.74) is 3.71. The van der Waals surface area contributed by atoms with E-state index in [0.717, 1.165) is 29.9 Å². The average molecular weight is 339 g/mol. The molecule has 1 aliphatic rings. The van der Waals surface area contributed by atoms with Crippen molar-refractivity contribution in [3.63, 3.8) is 0 Å². The van der Waals surface area contributed by atoms with Gasteiger partial charge >= 0.3 is 0 Å². The summed E-state index contributed by atoms with van der Waals surface area (Å²) in [6.45, 7) is 1.95. The molecule has 0 aliphatic heterocycles. The van der Waals surface area contributed by atoms with E-state index >= 15 is 0 Å². The van der Waals surface area contributed by atoms with Gasteiger partial charge in [0.1, 0.15) is 11.5 Å². The van der Waals surface area contributed by atoms with E-state index in [1.54, 1.807) is 7.11 Å². The molecule has 1 aliphatic carbocycles. The van der Waals surface area contributed by atoms with Gasteiger partial charge in [0, 0.05) is 5.56 Å². The Morgan fingerprint density at radius 1 is 1.12 bits per heavy atom. The zero-order valence-corrected chi connectivity index (χ0v) is 14.9. The Labute approximate surface area is 149 Å². The van der Waals surface area contributed by atoms with Crippen LogP contribution in [-0.2, 0) is 17.6 Å². The molecule has 0 bridgehead atoms. The lowest BCUT2D eigenvalue weighted by atomic mass is 9.92. The van der Waals surface area contributed by atoms with E-state index in [1.807, 2.05) is 37.3 Å². The summed E-state index contributed by atoms with van der Waals surface area (Å²) in [5.74, 6) is 1.39. The van der Waals surface area contributed by atoms with Crippen molar-refractivity contribution in [2.24, 2.45) is 0 Å². The standard InChI is InChI=1S/C21H25NO3/c1-15(19-9-5-6-10-20(19)24-2)22-21(23)14-25-18-12-11-16-7-3-4-8-17(16)13-18/h5-6,9-13,15H,3-4,7-8,14H2,1-2H3,(H,22,23)/t15-/m1/s1. The van der Waals surface area contributed by atoms with Gasteiger partial charge in [-0.2, -0.15) is 0 Å². The minimum atomic E-state index is -0.143. The number of carbonyl (C=O) groups is 1. The van der Waals surface area contributed by atoms with E-state index in [4.69, 9.17) is 9.47 Å². The van der Waals surface area contributed by atoms with E-state index in [9.17, 15) is 4.79 Å². The molecule has 0 heterocycles. The van der Waals surface area contributed by atoms with Crippen LogP contribution in [0, 0.1) is 0 Å². The molecule has 1 amide bonds. The summed E-state index contributed by atoms with van der Waals surface area (Å²) < 4.78 is 11.0. The third kappa shape index (κ3) is 4.32. The minimum Gasteiger partial charge on any atom is -0.496 e. The molecule has 1 N–H and O–H groups in total. The van der Waals surface area contributed by atoms with Gasteiger partial charge in [0.15, 0.2) is 6.61 Å². The summed E-state index contributed by atoms with van der Waals surface area (Å²) in [5, 5.41) is 2.96. The van der Waals surface area contributed by atoms with E-state index in [0.29, 0.717) is 0 Å². The second-order valence-electron chi connectivity index (χ2n) is 6.46. The van der Waals surface area contributed by atoms with Crippen molar-refractivity contribution in [3.8, 4) is 11.5 Å². The van der Waals surface area contributed by atoms with E-state index < -0.39 is 0 Å². The van der Waals surface area contributed by atoms with Crippen LogP contribution in [0.3, 0.4) is 0 Å². The lowest BCUT2D eigenvalue weighted by molar-refractivity contribution is -0.123. The van der Waals surface area contributed by atoms with Gasteiger partial charge in [0.05, 0.1) is 13.2 Å². The Hall–Kier alpha value is -2.49. The van der Waals surface area contributed by atoms with Crippen LogP contribution in [0.15, 0.2) is 42.5 Å². The zero-order valence-electron chi connectivity index (χ0n) is 14.9. The van der Waals surface area contributed by atoms with Gasteiger partial charge in [-0.3, -0.25) is 4.79 Å². The molecule has 2 aromatic rings. The number of rotatable bonds is 6. The lowest BCUT2D eigenvalue weighted by Gasteiger charge is -2.18. The van der Waals surface area contributed by atoms with Crippen LogP contribution in [0.1, 0.15) is 42.5 Å². The lowest BCUT2D eigenvalue weighted by Crippen LogP contribution is -2.31. The molecule has 0 radical (unpaired) electrons. The Bertz CT molecular complexity index is 742. The summed E-state index contributed by atoms with van der Waals surface area (Å²) in [6, 6.07) is 13.7. The number of fused-ring (bicyclic) bond motifs is 1. The Morgan fingerprint density at radius 3 is 2.68 bits per heavy atom. The quantitative estimate of drug-likeness (QED) is 0.870. The van der Waals surface area contributed by atoms with Crippen molar-refractivity contribution in [2.75, 3.05) is 13.7 Å². The molecule has 4 nitrogen and oxygen atoms in total. The van der Waals surface area contributed by atoms with Crippen molar-refractivity contribution < 1.29 is 14.3 Å². The van der Waals surface area contributed by atoms with Crippen LogP contribution in [0.25, 0.3) is 0 Å². The molecule has 0 aromatic heterocycles. The van der Waals surface area contributed by atoms with Crippen molar-refractivity contribution in [1.82, 2.24) is 5.32 Å². The molecule has 4 heteroatoms. The molecule has 1 atom stereocenters. The van der Waals surface area contributed by atoms with E-state index in [-0.39, 0.29) is 18.6 Å². The van der Waals surface area contributed by atoms with Gasteiger partial charge in [-0.25, -0.2) is 0 Å². The first-order valence-electron chi connectivity index (χ1n) is 8.84. The highest BCUT2D eigenvalue weighted by Crippen LogP contribution is 2.26. The topological polar surface area (TPSA) is 47.6 Å². The third-order valence-corrected chi connectivity index (χ3v) is 4.67. The fourth-order valence-corrected chi connectivity index (χ4v) is 3.33. The highest BCUT2D eigenvalue weighted by atomic mass is 16.5. The maximum absolute atomic E-state index is 12.2. The van der Waals surface area contributed by atoms with Crippen molar-refractivity contribution in [2.45, 2.75) is 38.6 Å². The minimum absolute atomic E-state index is 0.0122. The zero-order chi connectivity index (χ0) is 17.6. The van der Waals surface area contributed by atoms with Crippen LogP contribution in [0.2, 0.25) is 0 Å². The van der Waals surface area contributed by atoms with Gasteiger partial charge in [0.25, 0.3) is 5.91 Å². The summed E-state index contributed by atoms with van der Waals surface area (Å²) >= 11 is 0. The summed E-state index contributed by atoms with van der Waals surface area (Å²) in [6.07, 6.45) is 4.74. The molecule has 0 fully saturated rings. The maximum Gasteiger partial charge on any atom is 0.258 e. The largest absolute Gasteiger partial charge is 0.496 e. The van der Waals surface area contributed by atoms with Gasteiger partial charge in [-0.1, -0.05) is 24.3 Å². The number of nitrogens with one attached hydrogen (secondary N) is 1. The highest BCUT2D eigenvalue weighted by Gasteiger charge is 2.15. The molecule has 132 valence electrons. The smallest absolute Gasteiger partial charge is 0.258 e. The Morgan fingerprint density at radius 2 is 1.88 bits per heavy atom. The predicted octanol–water partition coefficient (Wildman–Crippen LogP) is 3.83. The van der Waals surface area contributed by atoms with Gasteiger partial charge in [-0.05, 0) is 61.9 Å². The number of hydrogen-bond donors (Lipinski definition) is 1. The van der Waals surface area contributed by atoms with E-state index in [1.165, 1.54) is 24.0 Å². The Kier molecular flexibility index (Phi) is 5.59. The van der Waals surface area contributed by atoms with Crippen LogP contribution in [-0.4, -0.2) is 19.6 Å². The SMILES string of the molecule is COc1ccccc1[C@@H](C)NC(=O)COc1ccc2c(c1)CCCC2. The third-order valence-electron chi connectivity index (χ3n) is 4.67. The number of ether oxygens (including phenoxy) is 2. The second-order valence-corrected chi connectivity index (χ2v) is 6.46. The fraction of sp³-hybridized carbons (Fsp3) is 0.381. The monoisotopic (exact) mass is 339 g/mol. The average Bonchev–Trinajstić information content (AvgIpc) is 2.66. The van der Waals surface area contributed by atoms with Crippen molar-refractivity contribution >= 4 is 5.91 Å². The highest BCUT2D eigenvalue weighted by molar-refractivity contribution is 5.78. The van der Waals surface area contributed by atoms with Gasteiger partial charge in [-0.15, -0.1) is 0 Å². The first-order chi connectivity index (χ1) is 12.2.